The van der Waals surface area contributed by atoms with Crippen molar-refractivity contribution in [2.75, 3.05) is 0 Å². The third-order valence-electron chi connectivity index (χ3n) is 4.71. The molecule has 0 heterocycles. The molecular formula is C30H26O4. The number of esters is 2. The summed E-state index contributed by atoms with van der Waals surface area (Å²) in [6, 6.07) is 22.7. The Labute approximate surface area is 200 Å². The lowest BCUT2D eigenvalue weighted by molar-refractivity contribution is -0.130. The smallest absolute Gasteiger partial charge is 0.338 e. The quantitative estimate of drug-likeness (QED) is 0.161. The zero-order valence-corrected chi connectivity index (χ0v) is 19.3. The van der Waals surface area contributed by atoms with Gasteiger partial charge in [-0.15, -0.1) is 0 Å². The summed E-state index contributed by atoms with van der Waals surface area (Å²) >= 11 is 0. The van der Waals surface area contributed by atoms with E-state index in [1.807, 2.05) is 72.8 Å². The Balaban J connectivity index is 1.63. The van der Waals surface area contributed by atoms with Crippen LogP contribution in [0.5, 0.6) is 11.5 Å². The first-order valence-corrected chi connectivity index (χ1v) is 10.7. The zero-order chi connectivity index (χ0) is 24.5. The molecule has 0 aliphatic rings. The van der Waals surface area contributed by atoms with Crippen molar-refractivity contribution in [2.24, 2.45) is 0 Å². The van der Waals surface area contributed by atoms with Crippen LogP contribution in [-0.2, 0) is 9.59 Å². The second-order valence-electron chi connectivity index (χ2n) is 7.82. The van der Waals surface area contributed by atoms with Crippen molar-refractivity contribution >= 4 is 36.2 Å². The molecule has 0 aliphatic carbocycles. The summed E-state index contributed by atoms with van der Waals surface area (Å²) in [5.74, 6) is 0.0805. The maximum atomic E-state index is 11.7. The fourth-order valence-corrected chi connectivity index (χ4v) is 2.85. The highest BCUT2D eigenvalue weighted by molar-refractivity contribution is 5.89. The Morgan fingerprint density at radius 3 is 1.29 bits per heavy atom. The second-order valence-corrected chi connectivity index (χ2v) is 7.82. The van der Waals surface area contributed by atoms with Crippen molar-refractivity contribution in [1.82, 2.24) is 0 Å². The molecule has 0 N–H and O–H groups in total. The summed E-state index contributed by atoms with van der Waals surface area (Å²) in [5, 5.41) is 0. The number of carbonyl (C=O) groups is 2. The molecule has 0 saturated heterocycles. The van der Waals surface area contributed by atoms with Crippen molar-refractivity contribution in [3.63, 3.8) is 0 Å². The first kappa shape index (κ1) is 24.2. The fraction of sp³-hybridized carbons (Fsp3) is 0.0667. The van der Waals surface area contributed by atoms with Gasteiger partial charge in [0.05, 0.1) is 0 Å². The lowest BCUT2D eigenvalue weighted by Crippen LogP contribution is -2.08. The van der Waals surface area contributed by atoms with E-state index in [1.165, 1.54) is 0 Å². The molecule has 0 spiro atoms. The van der Waals surface area contributed by atoms with Gasteiger partial charge < -0.3 is 9.47 Å². The van der Waals surface area contributed by atoms with E-state index in [4.69, 9.17) is 9.47 Å². The minimum atomic E-state index is -0.440. The standard InChI is InChI=1S/C30H26O4/c1-21(2)29(31)33-27-9-5-7-25(19-27)17-15-23-11-13-24(14-12-23)16-18-26-8-6-10-28(20-26)34-30(32)22(3)4/h5-20H,1,3H2,2,4H3/b17-15+,18-16+. The molecule has 0 amide bonds. The Morgan fingerprint density at radius 2 is 0.941 bits per heavy atom. The molecule has 0 aromatic heterocycles. The van der Waals surface area contributed by atoms with Crippen molar-refractivity contribution in [1.29, 1.82) is 0 Å². The van der Waals surface area contributed by atoms with Crippen LogP contribution in [0.25, 0.3) is 24.3 Å². The molecule has 0 saturated carbocycles. The summed E-state index contributed by atoms with van der Waals surface area (Å²) < 4.78 is 10.6. The van der Waals surface area contributed by atoms with Gasteiger partial charge >= 0.3 is 11.9 Å². The van der Waals surface area contributed by atoms with Gasteiger partial charge in [-0.1, -0.05) is 86.0 Å². The SMILES string of the molecule is C=C(C)C(=O)Oc1cccc(/C=C/c2ccc(/C=C/c3cccc(OC(=O)C(=C)C)c3)cc2)c1. The summed E-state index contributed by atoms with van der Waals surface area (Å²) in [5.41, 5.74) is 4.62. The molecule has 0 atom stereocenters. The highest BCUT2D eigenvalue weighted by Gasteiger charge is 2.06. The van der Waals surface area contributed by atoms with Crippen molar-refractivity contribution < 1.29 is 19.1 Å². The average molecular weight is 451 g/mol. The van der Waals surface area contributed by atoms with Crippen LogP contribution >= 0.6 is 0 Å². The van der Waals surface area contributed by atoms with Gasteiger partial charge in [-0.05, 0) is 60.4 Å². The lowest BCUT2D eigenvalue weighted by Gasteiger charge is -2.04. The van der Waals surface area contributed by atoms with Crippen LogP contribution in [0.15, 0.2) is 97.1 Å². The van der Waals surface area contributed by atoms with Crippen LogP contribution in [-0.4, -0.2) is 11.9 Å². The van der Waals surface area contributed by atoms with Crippen LogP contribution in [0.2, 0.25) is 0 Å². The van der Waals surface area contributed by atoms with Crippen molar-refractivity contribution in [3.8, 4) is 11.5 Å². The van der Waals surface area contributed by atoms with E-state index in [2.05, 4.69) is 13.2 Å². The van der Waals surface area contributed by atoms with Crippen LogP contribution in [0.1, 0.15) is 36.1 Å². The second kappa shape index (κ2) is 11.4. The molecule has 4 heteroatoms. The number of hydrogen-bond acceptors (Lipinski definition) is 4. The van der Waals surface area contributed by atoms with E-state index in [9.17, 15) is 9.59 Å². The number of hydrogen-bond donors (Lipinski definition) is 0. The molecule has 3 aromatic rings. The van der Waals surface area contributed by atoms with Crippen LogP contribution in [0, 0.1) is 0 Å². The minimum Gasteiger partial charge on any atom is -0.423 e. The molecular weight excluding hydrogens is 424 g/mol. The van der Waals surface area contributed by atoms with Crippen molar-refractivity contribution in [2.45, 2.75) is 13.8 Å². The average Bonchev–Trinajstić information content (AvgIpc) is 2.82. The molecule has 4 nitrogen and oxygen atoms in total. The van der Waals surface area contributed by atoms with Gasteiger partial charge in [-0.2, -0.15) is 0 Å². The highest BCUT2D eigenvalue weighted by Crippen LogP contribution is 2.19. The fourth-order valence-electron chi connectivity index (χ4n) is 2.85. The van der Waals surface area contributed by atoms with Gasteiger partial charge in [0.2, 0.25) is 0 Å². The number of ether oxygens (including phenoxy) is 2. The number of carbonyl (C=O) groups excluding carboxylic acids is 2. The van der Waals surface area contributed by atoms with Gasteiger partial charge in [-0.25, -0.2) is 9.59 Å². The molecule has 3 aromatic carbocycles. The molecule has 0 fully saturated rings. The first-order valence-electron chi connectivity index (χ1n) is 10.7. The maximum Gasteiger partial charge on any atom is 0.338 e. The van der Waals surface area contributed by atoms with E-state index >= 15 is 0 Å². The first-order chi connectivity index (χ1) is 16.3. The summed E-state index contributed by atoms with van der Waals surface area (Å²) in [6.07, 6.45) is 7.90. The highest BCUT2D eigenvalue weighted by atomic mass is 16.5. The third kappa shape index (κ3) is 7.31. The third-order valence-corrected chi connectivity index (χ3v) is 4.71. The Kier molecular flexibility index (Phi) is 8.14. The Morgan fingerprint density at radius 1 is 0.588 bits per heavy atom. The number of benzene rings is 3. The van der Waals surface area contributed by atoms with Gasteiger partial charge in [0.25, 0.3) is 0 Å². The maximum absolute atomic E-state index is 11.7. The van der Waals surface area contributed by atoms with E-state index in [-0.39, 0.29) is 0 Å². The van der Waals surface area contributed by atoms with E-state index in [1.54, 1.807) is 38.1 Å². The molecule has 0 aliphatic heterocycles. The molecule has 170 valence electrons. The van der Waals surface area contributed by atoms with Crippen LogP contribution in [0.3, 0.4) is 0 Å². The van der Waals surface area contributed by atoms with E-state index in [0.717, 1.165) is 22.3 Å². The normalized spacial score (nSPS) is 10.9. The predicted molar refractivity (Wildman–Crippen MR) is 138 cm³/mol. The number of rotatable bonds is 8. The lowest BCUT2D eigenvalue weighted by atomic mass is 10.1. The molecule has 3 rings (SSSR count). The minimum absolute atomic E-state index is 0.356. The monoisotopic (exact) mass is 450 g/mol. The summed E-state index contributed by atoms with van der Waals surface area (Å²) in [7, 11) is 0. The van der Waals surface area contributed by atoms with E-state index < -0.39 is 11.9 Å². The van der Waals surface area contributed by atoms with Gasteiger partial charge in [0.1, 0.15) is 11.5 Å². The van der Waals surface area contributed by atoms with Crippen LogP contribution < -0.4 is 9.47 Å². The van der Waals surface area contributed by atoms with Gasteiger partial charge in [0.15, 0.2) is 0 Å². The molecule has 0 bridgehead atoms. The van der Waals surface area contributed by atoms with Crippen molar-refractivity contribution in [3.05, 3.63) is 119 Å². The van der Waals surface area contributed by atoms with Gasteiger partial charge in [0, 0.05) is 11.1 Å². The molecule has 34 heavy (non-hydrogen) atoms. The van der Waals surface area contributed by atoms with Crippen LogP contribution in [0.4, 0.5) is 0 Å². The molecule has 0 radical (unpaired) electrons. The Bertz CT molecular complexity index is 1180. The Hall–Kier alpha value is -4.44. The summed E-state index contributed by atoms with van der Waals surface area (Å²) in [6.45, 7) is 10.4. The topological polar surface area (TPSA) is 52.6 Å². The molecule has 0 unspecified atom stereocenters. The summed E-state index contributed by atoms with van der Waals surface area (Å²) in [4.78, 5) is 23.4. The van der Waals surface area contributed by atoms with Gasteiger partial charge in [-0.3, -0.25) is 0 Å². The predicted octanol–water partition coefficient (Wildman–Crippen LogP) is 6.99. The zero-order valence-electron chi connectivity index (χ0n) is 19.3. The largest absolute Gasteiger partial charge is 0.423 e. The van der Waals surface area contributed by atoms with E-state index in [0.29, 0.717) is 22.6 Å².